The largest absolute Gasteiger partial charge is 1.00 e. The molecule has 2 heterocycles. The van der Waals surface area contributed by atoms with Gasteiger partial charge in [-0.3, -0.25) is 0 Å². The summed E-state index contributed by atoms with van der Waals surface area (Å²) in [5, 5.41) is 0. The van der Waals surface area contributed by atoms with E-state index in [1.807, 2.05) is 9.80 Å². The molecule has 0 amide bonds. The molecule has 108 valence electrons. The van der Waals surface area contributed by atoms with Crippen LogP contribution in [0, 0.1) is 0 Å². The summed E-state index contributed by atoms with van der Waals surface area (Å²) in [7, 11) is 0. The Bertz CT molecular complexity index is 194. The Morgan fingerprint density at radius 1 is 0.500 bits per heavy atom. The van der Waals surface area contributed by atoms with Gasteiger partial charge in [-0.05, 0) is 0 Å². The maximum absolute atomic E-state index is 1.95. The van der Waals surface area contributed by atoms with Gasteiger partial charge in [0.15, 0.2) is 0 Å². The summed E-state index contributed by atoms with van der Waals surface area (Å²) in [5.41, 5.74) is 0. The fraction of sp³-hybridized carbons (Fsp3) is 1.00. The lowest BCUT2D eigenvalue weighted by Gasteiger charge is -2.34. The molecule has 0 atom stereocenters. The molecule has 1 aliphatic carbocycles. The zero-order valence-electron chi connectivity index (χ0n) is 11.4. The van der Waals surface area contributed by atoms with E-state index in [9.17, 15) is 0 Å². The molecule has 0 spiro atoms. The molecule has 0 aromatic rings. The van der Waals surface area contributed by atoms with Gasteiger partial charge in [0.1, 0.15) is 0 Å². The predicted octanol–water partition coefficient (Wildman–Crippen LogP) is -6.34. The molecule has 3 aliphatic rings. The average Bonchev–Trinajstić information content (AvgIpc) is 3.03. The SMILES string of the molecule is C1CC[NH+](C2CCC([NH+]3CCCC3)CC2)C1.[I-].[I-]. The normalized spacial score (nSPS) is 34.0. The van der Waals surface area contributed by atoms with Gasteiger partial charge < -0.3 is 57.8 Å². The molecule has 2 saturated heterocycles. The van der Waals surface area contributed by atoms with E-state index < -0.39 is 0 Å². The summed E-state index contributed by atoms with van der Waals surface area (Å²) < 4.78 is 0. The molecule has 2 N–H and O–H groups in total. The molecule has 2 nitrogen and oxygen atoms in total. The second-order valence-electron chi connectivity index (χ2n) is 6.28. The fourth-order valence-corrected chi connectivity index (χ4v) is 4.38. The van der Waals surface area contributed by atoms with E-state index in [2.05, 4.69) is 0 Å². The van der Waals surface area contributed by atoms with Crippen LogP contribution in [-0.2, 0) is 0 Å². The van der Waals surface area contributed by atoms with Crippen LogP contribution in [0.2, 0.25) is 0 Å². The van der Waals surface area contributed by atoms with Crippen LogP contribution in [-0.4, -0.2) is 38.3 Å². The molecule has 0 unspecified atom stereocenters. The second kappa shape index (κ2) is 8.62. The minimum Gasteiger partial charge on any atom is -1.00 e. The Hall–Kier alpha value is 1.38. The monoisotopic (exact) mass is 478 g/mol. The lowest BCUT2D eigenvalue weighted by atomic mass is 9.89. The Kier molecular flexibility index (Phi) is 8.35. The predicted molar refractivity (Wildman–Crippen MR) is 65.9 cm³/mol. The van der Waals surface area contributed by atoms with Crippen LogP contribution in [0.4, 0.5) is 0 Å². The number of rotatable bonds is 2. The van der Waals surface area contributed by atoms with Gasteiger partial charge in [-0.1, -0.05) is 0 Å². The summed E-state index contributed by atoms with van der Waals surface area (Å²) in [5.74, 6) is 0. The van der Waals surface area contributed by atoms with Crippen molar-refractivity contribution in [3.05, 3.63) is 0 Å². The van der Waals surface area contributed by atoms with Crippen molar-refractivity contribution in [2.75, 3.05) is 26.2 Å². The summed E-state index contributed by atoms with van der Waals surface area (Å²) in [4.78, 5) is 3.91. The van der Waals surface area contributed by atoms with Crippen molar-refractivity contribution in [2.24, 2.45) is 0 Å². The molecule has 0 radical (unpaired) electrons. The highest BCUT2D eigenvalue weighted by Gasteiger charge is 2.35. The second-order valence-corrected chi connectivity index (χ2v) is 6.28. The van der Waals surface area contributed by atoms with Gasteiger partial charge in [-0.15, -0.1) is 0 Å². The van der Waals surface area contributed by atoms with Crippen LogP contribution < -0.4 is 57.8 Å². The van der Waals surface area contributed by atoms with Crippen LogP contribution in [0.1, 0.15) is 51.4 Å². The first-order chi connectivity index (χ1) is 7.93. The number of hydrogen-bond donors (Lipinski definition) is 2. The van der Waals surface area contributed by atoms with Crippen molar-refractivity contribution in [3.63, 3.8) is 0 Å². The molecule has 0 aromatic heterocycles. The molecule has 3 rings (SSSR count). The maximum atomic E-state index is 1.95. The van der Waals surface area contributed by atoms with Gasteiger partial charge >= 0.3 is 0 Å². The third-order valence-electron chi connectivity index (χ3n) is 5.37. The molecule has 4 heteroatoms. The van der Waals surface area contributed by atoms with Crippen molar-refractivity contribution in [1.82, 2.24) is 0 Å². The topological polar surface area (TPSA) is 8.88 Å². The number of likely N-dealkylation sites (tertiary alicyclic amines) is 2. The average molecular weight is 478 g/mol. The minimum atomic E-state index is 0. The molecule has 18 heavy (non-hydrogen) atoms. The van der Waals surface area contributed by atoms with Crippen LogP contribution in [0.15, 0.2) is 0 Å². The third kappa shape index (κ3) is 4.19. The first-order valence-electron chi connectivity index (χ1n) is 7.62. The van der Waals surface area contributed by atoms with Crippen molar-refractivity contribution in [1.29, 1.82) is 0 Å². The standard InChI is InChI=1S/C14H26N2.2HI/c1-2-10-15(9-1)13-5-7-14(8-6-13)16-11-3-4-12-16;;/h13-14H,1-12H2;2*1H. The Balaban J connectivity index is 0.000000810. The summed E-state index contributed by atoms with van der Waals surface area (Å²) >= 11 is 0. The molecule has 2 aliphatic heterocycles. The van der Waals surface area contributed by atoms with Gasteiger partial charge in [-0.25, -0.2) is 0 Å². The lowest BCUT2D eigenvalue weighted by molar-refractivity contribution is -0.930. The van der Waals surface area contributed by atoms with Crippen molar-refractivity contribution < 1.29 is 57.8 Å². The molecular formula is C14H28I2N2. The smallest absolute Gasteiger partial charge is 0.0879 e. The van der Waals surface area contributed by atoms with Crippen molar-refractivity contribution in [2.45, 2.75) is 63.5 Å². The molecule has 1 saturated carbocycles. The summed E-state index contributed by atoms with van der Waals surface area (Å²) in [6.45, 7) is 5.91. The zero-order chi connectivity index (χ0) is 10.8. The van der Waals surface area contributed by atoms with E-state index in [0.29, 0.717) is 0 Å². The minimum absolute atomic E-state index is 0. The van der Waals surface area contributed by atoms with Gasteiger partial charge in [0.05, 0.1) is 38.3 Å². The zero-order valence-corrected chi connectivity index (χ0v) is 15.7. The van der Waals surface area contributed by atoms with Crippen molar-refractivity contribution in [3.8, 4) is 0 Å². The number of quaternary nitrogens is 2. The van der Waals surface area contributed by atoms with Gasteiger partial charge in [0.25, 0.3) is 0 Å². The van der Waals surface area contributed by atoms with Gasteiger partial charge in [-0.2, -0.15) is 0 Å². The van der Waals surface area contributed by atoms with Crippen LogP contribution in [0.25, 0.3) is 0 Å². The first-order valence-corrected chi connectivity index (χ1v) is 7.62. The Labute approximate surface area is 146 Å². The van der Waals surface area contributed by atoms with E-state index in [1.54, 1.807) is 0 Å². The van der Waals surface area contributed by atoms with E-state index in [1.165, 1.54) is 77.5 Å². The van der Waals surface area contributed by atoms with Crippen LogP contribution in [0.3, 0.4) is 0 Å². The van der Waals surface area contributed by atoms with E-state index in [0.717, 1.165) is 12.1 Å². The van der Waals surface area contributed by atoms with E-state index >= 15 is 0 Å². The van der Waals surface area contributed by atoms with E-state index in [4.69, 9.17) is 0 Å². The Morgan fingerprint density at radius 3 is 1.06 bits per heavy atom. The van der Waals surface area contributed by atoms with Crippen molar-refractivity contribution >= 4 is 0 Å². The molecule has 0 bridgehead atoms. The summed E-state index contributed by atoms with van der Waals surface area (Å²) in [6.07, 6.45) is 12.1. The molecule has 3 fully saturated rings. The first kappa shape index (κ1) is 17.4. The molecule has 0 aromatic carbocycles. The third-order valence-corrected chi connectivity index (χ3v) is 5.37. The maximum Gasteiger partial charge on any atom is 0.0879 e. The lowest BCUT2D eigenvalue weighted by Crippen LogP contribution is -3.16. The van der Waals surface area contributed by atoms with Gasteiger partial charge in [0, 0.05) is 51.4 Å². The summed E-state index contributed by atoms with van der Waals surface area (Å²) in [6, 6.07) is 2.08. The Morgan fingerprint density at radius 2 is 0.778 bits per heavy atom. The fourth-order valence-electron chi connectivity index (χ4n) is 4.38. The highest BCUT2D eigenvalue weighted by atomic mass is 127. The quantitative estimate of drug-likeness (QED) is 0.366. The van der Waals surface area contributed by atoms with Gasteiger partial charge in [0.2, 0.25) is 0 Å². The van der Waals surface area contributed by atoms with E-state index in [-0.39, 0.29) is 48.0 Å². The molecular weight excluding hydrogens is 450 g/mol. The highest BCUT2D eigenvalue weighted by Crippen LogP contribution is 2.16. The van der Waals surface area contributed by atoms with Crippen LogP contribution in [0.5, 0.6) is 0 Å². The number of halogens is 2. The highest BCUT2D eigenvalue weighted by molar-refractivity contribution is 4.73. The van der Waals surface area contributed by atoms with Crippen LogP contribution >= 0.6 is 0 Å². The number of nitrogens with one attached hydrogen (secondary N) is 2. The number of hydrogen-bond acceptors (Lipinski definition) is 0.